The second-order valence-corrected chi connectivity index (χ2v) is 9.20. The molecule has 1 fully saturated rings. The maximum Gasteiger partial charge on any atom is 0.410 e. The Hall–Kier alpha value is -2.58. The van der Waals surface area contributed by atoms with E-state index in [1.807, 2.05) is 63.8 Å². The van der Waals surface area contributed by atoms with E-state index >= 15 is 0 Å². The van der Waals surface area contributed by atoms with Gasteiger partial charge < -0.3 is 15.0 Å². The SMILES string of the molecule is Cc1n[nH]c(C)c1NC(=O)CN1CCN(C(=O)OC(C)(C)C)CC1c1ccccc1Cl. The highest BCUT2D eigenvalue weighted by atomic mass is 35.5. The van der Waals surface area contributed by atoms with Crippen LogP contribution in [0.15, 0.2) is 24.3 Å². The smallest absolute Gasteiger partial charge is 0.410 e. The number of carbonyl (C=O) groups excluding carboxylic acids is 2. The number of halogens is 1. The van der Waals surface area contributed by atoms with E-state index in [4.69, 9.17) is 16.3 Å². The molecule has 0 aliphatic carbocycles. The van der Waals surface area contributed by atoms with Crippen LogP contribution in [-0.2, 0) is 9.53 Å². The van der Waals surface area contributed by atoms with Gasteiger partial charge in [0.1, 0.15) is 5.60 Å². The molecule has 168 valence electrons. The predicted molar refractivity (Wildman–Crippen MR) is 120 cm³/mol. The van der Waals surface area contributed by atoms with E-state index in [9.17, 15) is 9.59 Å². The lowest BCUT2D eigenvalue weighted by molar-refractivity contribution is -0.118. The van der Waals surface area contributed by atoms with E-state index in [1.54, 1.807) is 4.90 Å². The number of anilines is 1. The first-order valence-electron chi connectivity index (χ1n) is 10.3. The van der Waals surface area contributed by atoms with Crippen molar-refractivity contribution in [2.75, 3.05) is 31.5 Å². The number of hydrogen-bond acceptors (Lipinski definition) is 5. The molecule has 2 heterocycles. The topological polar surface area (TPSA) is 90.6 Å². The number of benzene rings is 1. The molecule has 3 rings (SSSR count). The fourth-order valence-corrected chi connectivity index (χ4v) is 3.90. The number of H-pyrrole nitrogens is 1. The van der Waals surface area contributed by atoms with Crippen LogP contribution >= 0.6 is 11.6 Å². The van der Waals surface area contributed by atoms with E-state index < -0.39 is 5.60 Å². The molecule has 0 saturated carbocycles. The number of hydrogen-bond donors (Lipinski definition) is 2. The molecule has 0 radical (unpaired) electrons. The van der Waals surface area contributed by atoms with Crippen molar-refractivity contribution in [2.45, 2.75) is 46.3 Å². The molecule has 1 aliphatic heterocycles. The molecular weight excluding hydrogens is 418 g/mol. The number of amides is 2. The summed E-state index contributed by atoms with van der Waals surface area (Å²) in [4.78, 5) is 29.2. The number of aromatic amines is 1. The number of nitrogens with zero attached hydrogens (tertiary/aromatic N) is 3. The average Bonchev–Trinajstić information content (AvgIpc) is 2.99. The third-order valence-electron chi connectivity index (χ3n) is 5.15. The highest BCUT2D eigenvalue weighted by Crippen LogP contribution is 2.31. The lowest BCUT2D eigenvalue weighted by Gasteiger charge is -2.41. The standard InChI is InChI=1S/C22H30ClN5O3/c1-14-20(15(2)26-25-14)24-19(29)13-27-10-11-28(21(30)31-22(3,4)5)12-18(27)16-8-6-7-9-17(16)23/h6-9,18H,10-13H2,1-5H3,(H,24,29)(H,25,26). The van der Waals surface area contributed by atoms with Crippen LogP contribution < -0.4 is 5.32 Å². The maximum absolute atomic E-state index is 12.8. The van der Waals surface area contributed by atoms with Crippen molar-refractivity contribution in [2.24, 2.45) is 0 Å². The van der Waals surface area contributed by atoms with Gasteiger partial charge in [-0.15, -0.1) is 0 Å². The van der Waals surface area contributed by atoms with Crippen LogP contribution in [0.2, 0.25) is 5.02 Å². The number of aromatic nitrogens is 2. The molecule has 0 bridgehead atoms. The highest BCUT2D eigenvalue weighted by molar-refractivity contribution is 6.31. The molecule has 1 unspecified atom stereocenters. The summed E-state index contributed by atoms with van der Waals surface area (Å²) < 4.78 is 5.55. The normalized spacial score (nSPS) is 17.5. The van der Waals surface area contributed by atoms with Crippen molar-refractivity contribution in [1.29, 1.82) is 0 Å². The summed E-state index contributed by atoms with van der Waals surface area (Å²) in [6.07, 6.45) is -0.363. The molecule has 1 saturated heterocycles. The summed E-state index contributed by atoms with van der Waals surface area (Å²) in [7, 11) is 0. The van der Waals surface area contributed by atoms with Crippen LogP contribution in [-0.4, -0.2) is 63.8 Å². The zero-order valence-corrected chi connectivity index (χ0v) is 19.4. The van der Waals surface area contributed by atoms with Crippen LogP contribution in [0.3, 0.4) is 0 Å². The first kappa shape index (κ1) is 23.1. The number of piperazine rings is 1. The Morgan fingerprint density at radius 2 is 1.97 bits per heavy atom. The number of nitrogens with one attached hydrogen (secondary N) is 2. The van der Waals surface area contributed by atoms with Gasteiger partial charge in [-0.2, -0.15) is 5.10 Å². The summed E-state index contributed by atoms with van der Waals surface area (Å²) >= 11 is 6.48. The van der Waals surface area contributed by atoms with Crippen molar-refractivity contribution in [3.05, 3.63) is 46.2 Å². The van der Waals surface area contributed by atoms with Gasteiger partial charge in [-0.05, 0) is 46.2 Å². The Morgan fingerprint density at radius 1 is 1.26 bits per heavy atom. The monoisotopic (exact) mass is 447 g/mol. The van der Waals surface area contributed by atoms with Gasteiger partial charge in [0.25, 0.3) is 0 Å². The Labute approximate surface area is 187 Å². The van der Waals surface area contributed by atoms with Crippen molar-refractivity contribution in [1.82, 2.24) is 20.0 Å². The number of rotatable bonds is 4. The summed E-state index contributed by atoms with van der Waals surface area (Å²) in [5, 5.41) is 10.5. The van der Waals surface area contributed by atoms with Crippen LogP contribution in [0.5, 0.6) is 0 Å². The van der Waals surface area contributed by atoms with Gasteiger partial charge in [0.05, 0.1) is 29.7 Å². The lowest BCUT2D eigenvalue weighted by atomic mass is 10.0. The summed E-state index contributed by atoms with van der Waals surface area (Å²) in [5.74, 6) is -0.143. The number of carbonyl (C=O) groups is 2. The lowest BCUT2D eigenvalue weighted by Crippen LogP contribution is -2.53. The minimum absolute atomic E-state index is 0.143. The molecule has 2 aromatic rings. The second kappa shape index (κ2) is 9.28. The molecule has 0 spiro atoms. The van der Waals surface area contributed by atoms with Crippen molar-refractivity contribution < 1.29 is 14.3 Å². The molecule has 1 aromatic heterocycles. The predicted octanol–water partition coefficient (Wildman–Crippen LogP) is 3.91. The zero-order valence-electron chi connectivity index (χ0n) is 18.7. The van der Waals surface area contributed by atoms with E-state index in [2.05, 4.69) is 15.5 Å². The Balaban J connectivity index is 1.78. The van der Waals surface area contributed by atoms with E-state index in [0.717, 1.165) is 17.0 Å². The van der Waals surface area contributed by atoms with Gasteiger partial charge in [-0.25, -0.2) is 4.79 Å². The van der Waals surface area contributed by atoms with E-state index in [-0.39, 0.29) is 24.6 Å². The Morgan fingerprint density at radius 3 is 2.58 bits per heavy atom. The first-order chi connectivity index (χ1) is 14.5. The maximum atomic E-state index is 12.8. The molecule has 8 nitrogen and oxygen atoms in total. The molecule has 9 heteroatoms. The molecule has 1 aliphatic rings. The molecule has 1 atom stereocenters. The van der Waals surface area contributed by atoms with Gasteiger partial charge in [-0.1, -0.05) is 29.8 Å². The van der Waals surface area contributed by atoms with Gasteiger partial charge in [-0.3, -0.25) is 14.8 Å². The highest BCUT2D eigenvalue weighted by Gasteiger charge is 2.34. The molecule has 31 heavy (non-hydrogen) atoms. The van der Waals surface area contributed by atoms with Crippen molar-refractivity contribution in [3.63, 3.8) is 0 Å². The van der Waals surface area contributed by atoms with Gasteiger partial charge >= 0.3 is 6.09 Å². The van der Waals surface area contributed by atoms with Crippen LogP contribution in [0, 0.1) is 13.8 Å². The van der Waals surface area contributed by atoms with Crippen LogP contribution in [0.25, 0.3) is 0 Å². The fraction of sp³-hybridized carbons (Fsp3) is 0.500. The largest absolute Gasteiger partial charge is 0.444 e. The Kier molecular flexibility index (Phi) is 6.91. The third kappa shape index (κ3) is 5.77. The molecule has 2 N–H and O–H groups in total. The summed E-state index contributed by atoms with van der Waals surface area (Å²) in [5.41, 5.74) is 2.55. The summed E-state index contributed by atoms with van der Waals surface area (Å²) in [6.45, 7) is 10.8. The first-order valence-corrected chi connectivity index (χ1v) is 10.7. The van der Waals surface area contributed by atoms with E-state index in [1.165, 1.54) is 0 Å². The van der Waals surface area contributed by atoms with Gasteiger partial charge in [0.15, 0.2) is 0 Å². The van der Waals surface area contributed by atoms with Crippen molar-refractivity contribution in [3.8, 4) is 0 Å². The van der Waals surface area contributed by atoms with E-state index in [0.29, 0.717) is 30.3 Å². The molecule has 1 aromatic carbocycles. The van der Waals surface area contributed by atoms with Crippen LogP contribution in [0.4, 0.5) is 10.5 Å². The van der Waals surface area contributed by atoms with Gasteiger partial charge in [0.2, 0.25) is 5.91 Å². The summed E-state index contributed by atoms with van der Waals surface area (Å²) in [6, 6.07) is 7.29. The molecule has 2 amide bonds. The second-order valence-electron chi connectivity index (χ2n) is 8.79. The van der Waals surface area contributed by atoms with Gasteiger partial charge in [0, 0.05) is 24.7 Å². The third-order valence-corrected chi connectivity index (χ3v) is 5.49. The average molecular weight is 448 g/mol. The number of ether oxygens (including phenoxy) is 1. The molecular formula is C22H30ClN5O3. The van der Waals surface area contributed by atoms with Crippen LogP contribution in [0.1, 0.15) is 43.8 Å². The van der Waals surface area contributed by atoms with Crippen molar-refractivity contribution >= 4 is 29.3 Å². The Bertz CT molecular complexity index is 933. The fourth-order valence-electron chi connectivity index (χ4n) is 3.64. The number of aryl methyl sites for hydroxylation is 2. The minimum atomic E-state index is -0.575. The minimum Gasteiger partial charge on any atom is -0.444 e. The quantitative estimate of drug-likeness (QED) is 0.741. The zero-order chi connectivity index (χ0) is 22.8.